The Morgan fingerprint density at radius 2 is 2.29 bits per heavy atom. The van der Waals surface area contributed by atoms with Gasteiger partial charge in [0.2, 0.25) is 0 Å². The number of aliphatic hydroxyl groups is 1. The van der Waals surface area contributed by atoms with Gasteiger partial charge in [-0.3, -0.25) is 0 Å². The van der Waals surface area contributed by atoms with Crippen molar-refractivity contribution in [2.45, 2.75) is 19.4 Å². The first-order valence-electron chi connectivity index (χ1n) is 6.17. The Bertz CT molecular complexity index is 362. The summed E-state index contributed by atoms with van der Waals surface area (Å²) in [5.74, 6) is 0.808. The molecule has 0 bridgehead atoms. The molecule has 1 saturated heterocycles. The van der Waals surface area contributed by atoms with E-state index in [1.54, 1.807) is 12.1 Å². The van der Waals surface area contributed by atoms with Crippen molar-refractivity contribution in [1.82, 2.24) is 5.32 Å². The maximum absolute atomic E-state index is 9.62. The molecule has 1 aliphatic heterocycles. The van der Waals surface area contributed by atoms with Crippen LogP contribution in [0.4, 0.5) is 5.69 Å². The highest BCUT2D eigenvalue weighted by atomic mass is 16.3. The van der Waals surface area contributed by atoms with Crippen LogP contribution in [0.3, 0.4) is 0 Å². The van der Waals surface area contributed by atoms with Gasteiger partial charge in [-0.05, 0) is 37.9 Å². The molecule has 1 fully saturated rings. The molecule has 4 heteroatoms. The Labute approximate surface area is 102 Å². The SMILES string of the molecule is OCc1ccc(NCC2CCCNC2)cc1O. The fourth-order valence-electron chi connectivity index (χ4n) is 2.17. The van der Waals surface area contributed by atoms with E-state index >= 15 is 0 Å². The average Bonchev–Trinajstić information content (AvgIpc) is 2.38. The number of piperidine rings is 1. The molecule has 0 spiro atoms. The Morgan fingerprint density at radius 1 is 1.41 bits per heavy atom. The molecule has 1 heterocycles. The van der Waals surface area contributed by atoms with Crippen LogP contribution in [0.25, 0.3) is 0 Å². The number of hydrogen-bond acceptors (Lipinski definition) is 4. The van der Waals surface area contributed by atoms with Crippen LogP contribution in [0.15, 0.2) is 18.2 Å². The standard InChI is InChI=1S/C13H20N2O2/c16-9-11-3-4-12(6-13(11)17)15-8-10-2-1-5-14-7-10/h3-4,6,10,14-17H,1-2,5,7-9H2. The van der Waals surface area contributed by atoms with Gasteiger partial charge in [-0.2, -0.15) is 0 Å². The zero-order chi connectivity index (χ0) is 12.1. The van der Waals surface area contributed by atoms with E-state index in [4.69, 9.17) is 5.11 Å². The van der Waals surface area contributed by atoms with E-state index < -0.39 is 0 Å². The summed E-state index contributed by atoms with van der Waals surface area (Å²) in [4.78, 5) is 0. The lowest BCUT2D eigenvalue weighted by atomic mass is 9.99. The van der Waals surface area contributed by atoms with Crippen molar-refractivity contribution in [3.05, 3.63) is 23.8 Å². The Balaban J connectivity index is 1.87. The minimum absolute atomic E-state index is 0.126. The Morgan fingerprint density at radius 3 is 2.94 bits per heavy atom. The number of nitrogens with one attached hydrogen (secondary N) is 2. The highest BCUT2D eigenvalue weighted by molar-refractivity contribution is 5.51. The molecular weight excluding hydrogens is 216 g/mol. The van der Waals surface area contributed by atoms with Crippen LogP contribution in [0.2, 0.25) is 0 Å². The molecule has 4 N–H and O–H groups in total. The van der Waals surface area contributed by atoms with Crippen molar-refractivity contribution in [2.24, 2.45) is 5.92 Å². The normalized spacial score (nSPS) is 20.2. The third kappa shape index (κ3) is 3.35. The first-order valence-corrected chi connectivity index (χ1v) is 6.17. The Kier molecular flexibility index (Phi) is 4.23. The van der Waals surface area contributed by atoms with Gasteiger partial charge in [-0.1, -0.05) is 6.07 Å². The van der Waals surface area contributed by atoms with Crippen molar-refractivity contribution in [1.29, 1.82) is 0 Å². The van der Waals surface area contributed by atoms with Crippen LogP contribution in [0, 0.1) is 5.92 Å². The number of anilines is 1. The lowest BCUT2D eigenvalue weighted by molar-refractivity contribution is 0.275. The highest BCUT2D eigenvalue weighted by Crippen LogP contribution is 2.22. The van der Waals surface area contributed by atoms with Crippen molar-refractivity contribution in [3.8, 4) is 5.75 Å². The maximum atomic E-state index is 9.62. The number of phenols is 1. The van der Waals surface area contributed by atoms with E-state index in [9.17, 15) is 5.11 Å². The van der Waals surface area contributed by atoms with E-state index in [1.807, 2.05) is 6.07 Å². The van der Waals surface area contributed by atoms with Gasteiger partial charge in [-0.15, -0.1) is 0 Å². The molecule has 0 amide bonds. The van der Waals surface area contributed by atoms with Gasteiger partial charge in [0.05, 0.1) is 6.61 Å². The van der Waals surface area contributed by atoms with Gasteiger partial charge < -0.3 is 20.8 Å². The lowest BCUT2D eigenvalue weighted by Crippen LogP contribution is -2.33. The van der Waals surface area contributed by atoms with Gasteiger partial charge in [0.25, 0.3) is 0 Å². The van der Waals surface area contributed by atoms with E-state index in [0.717, 1.165) is 25.3 Å². The molecule has 0 aliphatic carbocycles. The second-order valence-corrected chi connectivity index (χ2v) is 4.59. The van der Waals surface area contributed by atoms with E-state index in [2.05, 4.69) is 10.6 Å². The zero-order valence-electron chi connectivity index (χ0n) is 9.95. The summed E-state index contributed by atoms with van der Waals surface area (Å²) in [6.07, 6.45) is 2.49. The second-order valence-electron chi connectivity index (χ2n) is 4.59. The molecule has 1 aromatic rings. The minimum Gasteiger partial charge on any atom is -0.508 e. The van der Waals surface area contributed by atoms with Crippen molar-refractivity contribution in [3.63, 3.8) is 0 Å². The molecule has 17 heavy (non-hydrogen) atoms. The van der Waals surface area contributed by atoms with Crippen molar-refractivity contribution >= 4 is 5.69 Å². The lowest BCUT2D eigenvalue weighted by Gasteiger charge is -2.23. The number of aromatic hydroxyl groups is 1. The second kappa shape index (κ2) is 5.89. The smallest absolute Gasteiger partial charge is 0.123 e. The largest absolute Gasteiger partial charge is 0.508 e. The monoisotopic (exact) mass is 236 g/mol. The third-order valence-electron chi connectivity index (χ3n) is 3.25. The zero-order valence-corrected chi connectivity index (χ0v) is 9.95. The summed E-state index contributed by atoms with van der Waals surface area (Å²) in [7, 11) is 0. The fourth-order valence-corrected chi connectivity index (χ4v) is 2.17. The van der Waals surface area contributed by atoms with Gasteiger partial charge in [-0.25, -0.2) is 0 Å². The van der Waals surface area contributed by atoms with Crippen molar-refractivity contribution in [2.75, 3.05) is 25.0 Å². The summed E-state index contributed by atoms with van der Waals surface area (Å²) in [6, 6.07) is 5.31. The number of rotatable bonds is 4. The summed E-state index contributed by atoms with van der Waals surface area (Å²) < 4.78 is 0. The fraction of sp³-hybridized carbons (Fsp3) is 0.538. The topological polar surface area (TPSA) is 64.5 Å². The highest BCUT2D eigenvalue weighted by Gasteiger charge is 2.12. The van der Waals surface area contributed by atoms with Crippen LogP contribution in [0.1, 0.15) is 18.4 Å². The number of hydrogen-bond donors (Lipinski definition) is 4. The molecule has 1 atom stereocenters. The first kappa shape index (κ1) is 12.2. The van der Waals surface area contributed by atoms with E-state index in [-0.39, 0.29) is 12.4 Å². The number of benzene rings is 1. The molecule has 94 valence electrons. The molecule has 0 saturated carbocycles. The van der Waals surface area contributed by atoms with Crippen LogP contribution in [-0.4, -0.2) is 29.8 Å². The van der Waals surface area contributed by atoms with Crippen LogP contribution in [-0.2, 0) is 6.61 Å². The van der Waals surface area contributed by atoms with Gasteiger partial charge in [0.15, 0.2) is 0 Å². The minimum atomic E-state index is -0.126. The third-order valence-corrected chi connectivity index (χ3v) is 3.25. The molecular formula is C13H20N2O2. The van der Waals surface area contributed by atoms with Crippen molar-refractivity contribution < 1.29 is 10.2 Å². The summed E-state index contributed by atoms with van der Waals surface area (Å²) in [5.41, 5.74) is 1.47. The average molecular weight is 236 g/mol. The van der Waals surface area contributed by atoms with Gasteiger partial charge >= 0.3 is 0 Å². The molecule has 1 aromatic carbocycles. The van der Waals surface area contributed by atoms with Crippen LogP contribution < -0.4 is 10.6 Å². The molecule has 0 radical (unpaired) electrons. The molecule has 2 rings (SSSR count). The maximum Gasteiger partial charge on any atom is 0.123 e. The van der Waals surface area contributed by atoms with E-state index in [0.29, 0.717) is 11.5 Å². The summed E-state index contributed by atoms with van der Waals surface area (Å²) in [5, 5.41) is 25.3. The summed E-state index contributed by atoms with van der Waals surface area (Å²) in [6.45, 7) is 2.99. The molecule has 0 aromatic heterocycles. The summed E-state index contributed by atoms with van der Waals surface area (Å²) >= 11 is 0. The number of aliphatic hydroxyl groups excluding tert-OH is 1. The van der Waals surface area contributed by atoms with Gasteiger partial charge in [0, 0.05) is 23.9 Å². The van der Waals surface area contributed by atoms with Crippen LogP contribution in [0.5, 0.6) is 5.75 Å². The molecule has 1 aliphatic rings. The molecule has 4 nitrogen and oxygen atoms in total. The Hall–Kier alpha value is -1.26. The predicted molar refractivity (Wildman–Crippen MR) is 68.1 cm³/mol. The first-order chi connectivity index (χ1) is 8.29. The van der Waals surface area contributed by atoms with Crippen LogP contribution >= 0.6 is 0 Å². The molecule has 1 unspecified atom stereocenters. The predicted octanol–water partition coefficient (Wildman–Crippen LogP) is 1.30. The van der Waals surface area contributed by atoms with Gasteiger partial charge in [0.1, 0.15) is 5.75 Å². The van der Waals surface area contributed by atoms with E-state index in [1.165, 1.54) is 12.8 Å². The quantitative estimate of drug-likeness (QED) is 0.636.